The topological polar surface area (TPSA) is 100 Å². The van der Waals surface area contributed by atoms with Crippen LogP contribution < -0.4 is 5.56 Å². The van der Waals surface area contributed by atoms with Gasteiger partial charge in [0.15, 0.2) is 5.52 Å². The summed E-state index contributed by atoms with van der Waals surface area (Å²) in [7, 11) is 1.44. The van der Waals surface area contributed by atoms with Crippen molar-refractivity contribution in [2.24, 2.45) is 0 Å². The molecule has 0 radical (unpaired) electrons. The van der Waals surface area contributed by atoms with E-state index >= 15 is 0 Å². The fourth-order valence-electron chi connectivity index (χ4n) is 1.99. The first-order valence-corrected chi connectivity index (χ1v) is 6.01. The van der Waals surface area contributed by atoms with Crippen LogP contribution in [0.2, 0.25) is 0 Å². The van der Waals surface area contributed by atoms with E-state index in [-0.39, 0.29) is 12.2 Å². The van der Waals surface area contributed by atoms with Crippen molar-refractivity contribution in [1.82, 2.24) is 14.5 Å². The molecule has 2 rings (SSSR count). The molecule has 2 atom stereocenters. The molecular weight excluding hydrogens is 250 g/mol. The van der Waals surface area contributed by atoms with Crippen LogP contribution in [-0.2, 0) is 11.3 Å². The average molecular weight is 267 g/mol. The van der Waals surface area contributed by atoms with Crippen molar-refractivity contribution in [3.8, 4) is 0 Å². The molecule has 0 aliphatic heterocycles. The van der Waals surface area contributed by atoms with Gasteiger partial charge >= 0.3 is 0 Å². The Morgan fingerprint density at radius 1 is 1.58 bits per heavy atom. The second kappa shape index (κ2) is 5.96. The Bertz CT molecular complexity index is 588. The Morgan fingerprint density at radius 3 is 3.05 bits per heavy atom. The summed E-state index contributed by atoms with van der Waals surface area (Å²) in [6.07, 6.45) is 2.16. The summed E-state index contributed by atoms with van der Waals surface area (Å²) in [6.45, 7) is 0.253. The molecule has 7 heteroatoms. The SMILES string of the molecule is CO[C@@H](CO)C(O)CCn1cnc2c(=O)[nH]ccc21. The van der Waals surface area contributed by atoms with Crippen molar-refractivity contribution in [3.05, 3.63) is 28.9 Å². The number of H-pyrrole nitrogens is 1. The number of hydrogen-bond acceptors (Lipinski definition) is 5. The van der Waals surface area contributed by atoms with Crippen molar-refractivity contribution in [3.63, 3.8) is 0 Å². The molecule has 104 valence electrons. The monoisotopic (exact) mass is 267 g/mol. The van der Waals surface area contributed by atoms with Gasteiger partial charge in [0.25, 0.3) is 5.56 Å². The third-order valence-corrected chi connectivity index (χ3v) is 3.13. The van der Waals surface area contributed by atoms with Crippen LogP contribution in [0.5, 0.6) is 0 Å². The minimum atomic E-state index is -0.769. The second-order valence-corrected chi connectivity index (χ2v) is 4.29. The molecule has 0 aliphatic carbocycles. The van der Waals surface area contributed by atoms with Crippen LogP contribution in [-0.4, -0.2) is 50.7 Å². The predicted octanol–water partition coefficient (Wildman–Crippen LogP) is -0.517. The van der Waals surface area contributed by atoms with Crippen LogP contribution in [0.4, 0.5) is 0 Å². The largest absolute Gasteiger partial charge is 0.394 e. The number of aliphatic hydroxyl groups excluding tert-OH is 2. The maximum Gasteiger partial charge on any atom is 0.276 e. The smallest absolute Gasteiger partial charge is 0.276 e. The van der Waals surface area contributed by atoms with Gasteiger partial charge in [-0.05, 0) is 12.5 Å². The number of rotatable bonds is 6. The van der Waals surface area contributed by atoms with Crippen LogP contribution in [0.1, 0.15) is 6.42 Å². The second-order valence-electron chi connectivity index (χ2n) is 4.29. The Morgan fingerprint density at radius 2 is 2.37 bits per heavy atom. The molecule has 0 bridgehead atoms. The van der Waals surface area contributed by atoms with E-state index in [1.54, 1.807) is 23.2 Å². The molecule has 2 aromatic rings. The lowest BCUT2D eigenvalue weighted by Crippen LogP contribution is -2.32. The normalized spacial score (nSPS) is 14.7. The van der Waals surface area contributed by atoms with Gasteiger partial charge in [-0.25, -0.2) is 4.98 Å². The maximum absolute atomic E-state index is 11.5. The molecule has 0 fully saturated rings. The number of hydrogen-bond donors (Lipinski definition) is 3. The molecular formula is C12H17N3O4. The Kier molecular flexibility index (Phi) is 4.31. The number of methoxy groups -OCH3 is 1. The first-order chi connectivity index (χ1) is 9.17. The van der Waals surface area contributed by atoms with Crippen molar-refractivity contribution in [2.45, 2.75) is 25.2 Å². The lowest BCUT2D eigenvalue weighted by molar-refractivity contribution is -0.0450. The number of fused-ring (bicyclic) bond motifs is 1. The van der Waals surface area contributed by atoms with E-state index in [1.807, 2.05) is 0 Å². The number of nitrogens with zero attached hydrogens (tertiary/aromatic N) is 2. The molecule has 19 heavy (non-hydrogen) atoms. The van der Waals surface area contributed by atoms with Crippen LogP contribution >= 0.6 is 0 Å². The van der Waals surface area contributed by atoms with Crippen LogP contribution in [0.3, 0.4) is 0 Å². The van der Waals surface area contributed by atoms with E-state index in [0.29, 0.717) is 24.0 Å². The number of aryl methyl sites for hydroxylation is 1. The molecule has 0 aromatic carbocycles. The molecule has 1 unspecified atom stereocenters. The molecule has 2 aromatic heterocycles. The van der Waals surface area contributed by atoms with Crippen molar-refractivity contribution < 1.29 is 14.9 Å². The summed E-state index contributed by atoms with van der Waals surface area (Å²) in [5, 5.41) is 18.9. The zero-order chi connectivity index (χ0) is 13.8. The summed E-state index contributed by atoms with van der Waals surface area (Å²) < 4.78 is 6.75. The average Bonchev–Trinajstić information content (AvgIpc) is 2.82. The molecule has 0 aliphatic rings. The number of aliphatic hydroxyl groups is 2. The Hall–Kier alpha value is -1.70. The number of aromatic amines is 1. The lowest BCUT2D eigenvalue weighted by atomic mass is 10.1. The quantitative estimate of drug-likeness (QED) is 0.654. The first-order valence-electron chi connectivity index (χ1n) is 6.01. The summed E-state index contributed by atoms with van der Waals surface area (Å²) in [5.74, 6) is 0. The van der Waals surface area contributed by atoms with E-state index in [9.17, 15) is 9.90 Å². The maximum atomic E-state index is 11.5. The number of pyridine rings is 1. The Balaban J connectivity index is 2.10. The van der Waals surface area contributed by atoms with Crippen molar-refractivity contribution in [2.75, 3.05) is 13.7 Å². The Labute approximate surface area is 109 Å². The van der Waals surface area contributed by atoms with Crippen LogP contribution in [0.15, 0.2) is 23.4 Å². The fraction of sp³-hybridized carbons (Fsp3) is 0.500. The minimum absolute atomic E-state index is 0.234. The summed E-state index contributed by atoms with van der Waals surface area (Å²) in [4.78, 5) is 18.1. The zero-order valence-electron chi connectivity index (χ0n) is 10.6. The van der Waals surface area contributed by atoms with E-state index in [1.165, 1.54) is 7.11 Å². The van der Waals surface area contributed by atoms with Crippen LogP contribution in [0.25, 0.3) is 11.0 Å². The van der Waals surface area contributed by atoms with Gasteiger partial charge in [0.2, 0.25) is 0 Å². The van der Waals surface area contributed by atoms with Crippen molar-refractivity contribution in [1.29, 1.82) is 0 Å². The van der Waals surface area contributed by atoms with Crippen molar-refractivity contribution >= 4 is 11.0 Å². The molecule has 0 amide bonds. The van der Waals surface area contributed by atoms with E-state index in [4.69, 9.17) is 9.84 Å². The third-order valence-electron chi connectivity index (χ3n) is 3.13. The molecule has 0 saturated carbocycles. The van der Waals surface area contributed by atoms with Gasteiger partial charge in [-0.3, -0.25) is 4.79 Å². The zero-order valence-corrected chi connectivity index (χ0v) is 10.6. The van der Waals surface area contributed by atoms with Gasteiger partial charge < -0.3 is 24.5 Å². The van der Waals surface area contributed by atoms with E-state index < -0.39 is 12.2 Å². The number of aromatic nitrogens is 3. The first kappa shape index (κ1) is 13.7. The minimum Gasteiger partial charge on any atom is -0.394 e. The van der Waals surface area contributed by atoms with Gasteiger partial charge in [-0.1, -0.05) is 0 Å². The molecule has 7 nitrogen and oxygen atoms in total. The highest BCUT2D eigenvalue weighted by Gasteiger charge is 2.17. The molecule has 3 N–H and O–H groups in total. The van der Waals surface area contributed by atoms with Gasteiger partial charge in [-0.15, -0.1) is 0 Å². The highest BCUT2D eigenvalue weighted by Crippen LogP contribution is 2.10. The lowest BCUT2D eigenvalue weighted by Gasteiger charge is -2.19. The third kappa shape index (κ3) is 2.83. The molecule has 2 heterocycles. The number of nitrogens with one attached hydrogen (secondary N) is 1. The molecule has 0 saturated heterocycles. The number of ether oxygens (including phenoxy) is 1. The van der Waals surface area contributed by atoms with Gasteiger partial charge in [0.1, 0.15) is 6.10 Å². The summed E-state index contributed by atoms with van der Waals surface area (Å²) >= 11 is 0. The fourth-order valence-corrected chi connectivity index (χ4v) is 1.99. The molecule has 0 spiro atoms. The van der Waals surface area contributed by atoms with Gasteiger partial charge in [-0.2, -0.15) is 0 Å². The highest BCUT2D eigenvalue weighted by atomic mass is 16.5. The van der Waals surface area contributed by atoms with E-state index in [2.05, 4.69) is 9.97 Å². The predicted molar refractivity (Wildman–Crippen MR) is 68.9 cm³/mol. The van der Waals surface area contributed by atoms with E-state index in [0.717, 1.165) is 0 Å². The standard InChI is InChI=1S/C12H17N3O4/c1-19-10(6-16)9(17)3-5-15-7-14-11-8(15)2-4-13-12(11)18/h2,4,7,9-10,16-17H,3,5-6H2,1H3,(H,13,18)/t9?,10-/m0/s1. The van der Waals surface area contributed by atoms with Gasteiger partial charge in [0, 0.05) is 19.9 Å². The highest BCUT2D eigenvalue weighted by molar-refractivity contribution is 5.73. The number of imidazole rings is 1. The summed E-state index contributed by atoms with van der Waals surface area (Å²) in [6, 6.07) is 1.76. The summed E-state index contributed by atoms with van der Waals surface area (Å²) in [5.41, 5.74) is 0.860. The van der Waals surface area contributed by atoms with Crippen LogP contribution in [0, 0.1) is 0 Å². The van der Waals surface area contributed by atoms with Gasteiger partial charge in [0.05, 0.1) is 24.6 Å².